The maximum Gasteiger partial charge on any atom is 0.221 e. The van der Waals surface area contributed by atoms with Gasteiger partial charge < -0.3 is 11.1 Å². The SMILES string of the molecule is N[C@@H]1CC[C@@H](c2ccccc2)CC(=O)N1. The Kier molecular flexibility index (Phi) is 3.02. The molecule has 1 aromatic carbocycles. The normalized spacial score (nSPS) is 26.9. The number of carbonyl (C=O) groups excluding carboxylic acids is 1. The Hall–Kier alpha value is -1.35. The Labute approximate surface area is 89.7 Å². The molecule has 2 rings (SSSR count). The third kappa shape index (κ3) is 2.57. The average molecular weight is 204 g/mol. The third-order valence-electron chi connectivity index (χ3n) is 2.88. The summed E-state index contributed by atoms with van der Waals surface area (Å²) >= 11 is 0. The molecule has 1 aliphatic heterocycles. The maximum absolute atomic E-state index is 11.5. The summed E-state index contributed by atoms with van der Waals surface area (Å²) in [4.78, 5) is 11.5. The van der Waals surface area contributed by atoms with Gasteiger partial charge in [-0.25, -0.2) is 0 Å². The zero-order valence-electron chi connectivity index (χ0n) is 8.65. The van der Waals surface area contributed by atoms with Crippen molar-refractivity contribution in [1.82, 2.24) is 5.32 Å². The fourth-order valence-corrected chi connectivity index (χ4v) is 2.05. The Morgan fingerprint density at radius 3 is 2.67 bits per heavy atom. The molecule has 0 bridgehead atoms. The fourth-order valence-electron chi connectivity index (χ4n) is 2.05. The summed E-state index contributed by atoms with van der Waals surface area (Å²) in [6, 6.07) is 10.2. The van der Waals surface area contributed by atoms with E-state index < -0.39 is 0 Å². The molecule has 0 saturated carbocycles. The molecule has 0 aromatic heterocycles. The van der Waals surface area contributed by atoms with Gasteiger partial charge in [0.25, 0.3) is 0 Å². The van der Waals surface area contributed by atoms with Gasteiger partial charge in [-0.05, 0) is 24.3 Å². The largest absolute Gasteiger partial charge is 0.341 e. The third-order valence-corrected chi connectivity index (χ3v) is 2.88. The van der Waals surface area contributed by atoms with E-state index in [9.17, 15) is 4.79 Å². The molecule has 80 valence electrons. The van der Waals surface area contributed by atoms with E-state index in [1.165, 1.54) is 5.56 Å². The van der Waals surface area contributed by atoms with E-state index >= 15 is 0 Å². The highest BCUT2D eigenvalue weighted by Gasteiger charge is 2.21. The minimum absolute atomic E-state index is 0.0638. The van der Waals surface area contributed by atoms with Crippen molar-refractivity contribution < 1.29 is 4.79 Å². The second kappa shape index (κ2) is 4.45. The molecule has 0 spiro atoms. The van der Waals surface area contributed by atoms with Gasteiger partial charge >= 0.3 is 0 Å². The fraction of sp³-hybridized carbons (Fsp3) is 0.417. The molecule has 1 amide bonds. The molecule has 3 N–H and O–H groups in total. The number of benzene rings is 1. The highest BCUT2D eigenvalue weighted by atomic mass is 16.1. The lowest BCUT2D eigenvalue weighted by Crippen LogP contribution is -2.39. The van der Waals surface area contributed by atoms with E-state index in [-0.39, 0.29) is 12.1 Å². The first kappa shape index (κ1) is 10.2. The van der Waals surface area contributed by atoms with Crippen LogP contribution in [0.4, 0.5) is 0 Å². The molecule has 15 heavy (non-hydrogen) atoms. The van der Waals surface area contributed by atoms with Crippen LogP contribution in [-0.4, -0.2) is 12.1 Å². The molecule has 0 unspecified atom stereocenters. The summed E-state index contributed by atoms with van der Waals surface area (Å²) < 4.78 is 0. The molecule has 0 radical (unpaired) electrons. The zero-order chi connectivity index (χ0) is 10.7. The van der Waals surface area contributed by atoms with Crippen LogP contribution in [0.5, 0.6) is 0 Å². The Balaban J connectivity index is 2.13. The summed E-state index contributed by atoms with van der Waals surface area (Å²) in [7, 11) is 0. The van der Waals surface area contributed by atoms with Crippen LogP contribution in [-0.2, 0) is 4.79 Å². The topological polar surface area (TPSA) is 55.1 Å². The summed E-state index contributed by atoms with van der Waals surface area (Å²) in [6.45, 7) is 0. The van der Waals surface area contributed by atoms with E-state index in [1.807, 2.05) is 18.2 Å². The van der Waals surface area contributed by atoms with E-state index in [1.54, 1.807) is 0 Å². The standard InChI is InChI=1S/C12H16N2O/c13-11-7-6-10(8-12(15)14-11)9-4-2-1-3-5-9/h1-5,10-11H,6-8,13H2,(H,14,15)/t10-,11+/m1/s1. The van der Waals surface area contributed by atoms with Gasteiger partial charge in [-0.1, -0.05) is 30.3 Å². The van der Waals surface area contributed by atoms with E-state index in [0.29, 0.717) is 12.3 Å². The molecule has 3 nitrogen and oxygen atoms in total. The highest BCUT2D eigenvalue weighted by molar-refractivity contribution is 5.77. The number of hydrogen-bond acceptors (Lipinski definition) is 2. The monoisotopic (exact) mass is 204 g/mol. The predicted octanol–water partition coefficient (Wildman–Crippen LogP) is 1.36. The van der Waals surface area contributed by atoms with Gasteiger partial charge in [0, 0.05) is 6.42 Å². The lowest BCUT2D eigenvalue weighted by molar-refractivity contribution is -0.121. The van der Waals surface area contributed by atoms with Crippen molar-refractivity contribution in [3.05, 3.63) is 35.9 Å². The van der Waals surface area contributed by atoms with Gasteiger partial charge in [0.2, 0.25) is 5.91 Å². The van der Waals surface area contributed by atoms with Gasteiger partial charge in [-0.15, -0.1) is 0 Å². The molecule has 1 saturated heterocycles. The summed E-state index contributed by atoms with van der Waals surface area (Å²) in [5, 5.41) is 2.78. The number of rotatable bonds is 1. The lowest BCUT2D eigenvalue weighted by Gasteiger charge is -2.12. The number of nitrogens with two attached hydrogens (primary N) is 1. The van der Waals surface area contributed by atoms with Crippen molar-refractivity contribution in [1.29, 1.82) is 0 Å². The summed E-state index contributed by atoms with van der Waals surface area (Å²) in [5.74, 6) is 0.383. The molecule has 1 fully saturated rings. The molecule has 1 heterocycles. The molecule has 1 aliphatic rings. The van der Waals surface area contributed by atoms with Crippen LogP contribution in [0.25, 0.3) is 0 Å². The first-order valence-corrected chi connectivity index (χ1v) is 5.35. The molecule has 0 aliphatic carbocycles. The molecule has 2 atom stereocenters. The summed E-state index contributed by atoms with van der Waals surface area (Å²) in [5.41, 5.74) is 6.97. The van der Waals surface area contributed by atoms with Gasteiger partial charge in [-0.3, -0.25) is 4.79 Å². The van der Waals surface area contributed by atoms with E-state index in [2.05, 4.69) is 17.4 Å². The Morgan fingerprint density at radius 1 is 1.20 bits per heavy atom. The number of nitrogens with one attached hydrogen (secondary N) is 1. The van der Waals surface area contributed by atoms with Crippen LogP contribution in [0.15, 0.2) is 30.3 Å². The van der Waals surface area contributed by atoms with Crippen LogP contribution < -0.4 is 11.1 Å². The number of amides is 1. The molecule has 3 heteroatoms. The second-order valence-corrected chi connectivity index (χ2v) is 4.06. The number of hydrogen-bond donors (Lipinski definition) is 2. The van der Waals surface area contributed by atoms with Crippen LogP contribution in [0.1, 0.15) is 30.7 Å². The van der Waals surface area contributed by atoms with Crippen LogP contribution in [0.2, 0.25) is 0 Å². The van der Waals surface area contributed by atoms with Crippen molar-refractivity contribution in [2.24, 2.45) is 5.73 Å². The Bertz CT molecular complexity index is 337. The minimum Gasteiger partial charge on any atom is -0.341 e. The van der Waals surface area contributed by atoms with Gasteiger partial charge in [0.05, 0.1) is 6.17 Å². The van der Waals surface area contributed by atoms with E-state index in [4.69, 9.17) is 5.73 Å². The van der Waals surface area contributed by atoms with E-state index in [0.717, 1.165) is 12.8 Å². The van der Waals surface area contributed by atoms with Crippen LogP contribution in [0.3, 0.4) is 0 Å². The van der Waals surface area contributed by atoms with Crippen molar-refractivity contribution in [3.8, 4) is 0 Å². The van der Waals surface area contributed by atoms with Crippen molar-refractivity contribution in [2.45, 2.75) is 31.3 Å². The molecular formula is C12H16N2O. The maximum atomic E-state index is 11.5. The highest BCUT2D eigenvalue weighted by Crippen LogP contribution is 2.26. The predicted molar refractivity (Wildman–Crippen MR) is 59.2 cm³/mol. The number of carbonyl (C=O) groups is 1. The average Bonchev–Trinajstić information content (AvgIpc) is 2.41. The Morgan fingerprint density at radius 2 is 1.93 bits per heavy atom. The quantitative estimate of drug-likeness (QED) is 0.725. The van der Waals surface area contributed by atoms with Crippen molar-refractivity contribution in [3.63, 3.8) is 0 Å². The lowest BCUT2D eigenvalue weighted by atomic mass is 9.92. The van der Waals surface area contributed by atoms with Gasteiger partial charge in [-0.2, -0.15) is 0 Å². The van der Waals surface area contributed by atoms with Crippen LogP contribution >= 0.6 is 0 Å². The first-order valence-electron chi connectivity index (χ1n) is 5.35. The van der Waals surface area contributed by atoms with Crippen molar-refractivity contribution in [2.75, 3.05) is 0 Å². The first-order chi connectivity index (χ1) is 7.25. The van der Waals surface area contributed by atoms with Crippen molar-refractivity contribution >= 4 is 5.91 Å². The molecular weight excluding hydrogens is 188 g/mol. The molecule has 1 aromatic rings. The van der Waals surface area contributed by atoms with Gasteiger partial charge in [0.1, 0.15) is 0 Å². The zero-order valence-corrected chi connectivity index (χ0v) is 8.65. The second-order valence-electron chi connectivity index (χ2n) is 4.06. The van der Waals surface area contributed by atoms with Gasteiger partial charge in [0.15, 0.2) is 0 Å². The smallest absolute Gasteiger partial charge is 0.221 e. The summed E-state index contributed by atoms with van der Waals surface area (Å²) in [6.07, 6.45) is 2.21. The van der Waals surface area contributed by atoms with Crippen LogP contribution in [0, 0.1) is 0 Å². The minimum atomic E-state index is -0.175.